The Balaban J connectivity index is -0.0000000559. The van der Waals surface area contributed by atoms with Gasteiger partial charge in [-0.25, -0.2) is 0 Å². The van der Waals surface area contributed by atoms with Crippen molar-refractivity contribution in [2.45, 2.75) is 389 Å². The highest BCUT2D eigenvalue weighted by atomic mass is 14.3. The summed E-state index contributed by atoms with van der Waals surface area (Å²) in [4.78, 5) is 0. The molecule has 0 saturated carbocycles. The van der Waals surface area contributed by atoms with Gasteiger partial charge in [0.05, 0.1) is 0 Å². The Hall–Kier alpha value is 0. The molecule has 0 rings (SSSR count). The molecule has 0 aromatic heterocycles. The van der Waals surface area contributed by atoms with Crippen LogP contribution in [0.25, 0.3) is 0 Å². The molecule has 0 aromatic rings. The highest BCUT2D eigenvalue weighted by Gasteiger charge is 2.22. The van der Waals surface area contributed by atoms with Gasteiger partial charge in [-0.15, -0.1) is 0 Å². The largest absolute Gasteiger partial charge is 0.0654 e. The van der Waals surface area contributed by atoms with Gasteiger partial charge in [0.25, 0.3) is 0 Å². The zero-order chi connectivity index (χ0) is 62.6. The zero-order valence-electron chi connectivity index (χ0n) is 62.6. The van der Waals surface area contributed by atoms with Crippen molar-refractivity contribution < 1.29 is 0 Å². The van der Waals surface area contributed by atoms with Crippen LogP contribution < -0.4 is 0 Å². The van der Waals surface area contributed by atoms with E-state index in [0.717, 1.165) is 59.2 Å². The van der Waals surface area contributed by atoms with Gasteiger partial charge >= 0.3 is 0 Å². The van der Waals surface area contributed by atoms with Gasteiger partial charge in [0, 0.05) is 0 Å². The van der Waals surface area contributed by atoms with Gasteiger partial charge in [-0.2, -0.15) is 0 Å². The molecule has 73 heavy (non-hydrogen) atoms. The van der Waals surface area contributed by atoms with Gasteiger partial charge in [0.1, 0.15) is 0 Å². The van der Waals surface area contributed by atoms with Crippen LogP contribution in [-0.2, 0) is 0 Å². The van der Waals surface area contributed by atoms with Crippen LogP contribution in [0.15, 0.2) is 0 Å². The summed E-state index contributed by atoms with van der Waals surface area (Å²) in [5, 5.41) is 0. The quantitative estimate of drug-likeness (QED) is 0.205. The number of hydrogen-bond donors (Lipinski definition) is 0. The molecule has 0 aliphatic rings. The average molecular weight is 1050 g/mol. The fourth-order valence-corrected chi connectivity index (χ4v) is 3.06. The third-order valence-electron chi connectivity index (χ3n) is 13.1. The Morgan fingerprint density at radius 2 is 0.479 bits per heavy atom. The first kappa shape index (κ1) is 102. The first-order valence-corrected chi connectivity index (χ1v) is 32.0. The maximum absolute atomic E-state index is 2.32. The lowest BCUT2D eigenvalue weighted by Gasteiger charge is -2.30. The number of hydrogen-bond acceptors (Lipinski definition) is 0. The maximum Gasteiger partial charge on any atom is -0.0354 e. The molecule has 2 atom stereocenters. The van der Waals surface area contributed by atoms with Crippen LogP contribution in [0.5, 0.6) is 0 Å². The van der Waals surface area contributed by atoms with Crippen molar-refractivity contribution in [1.82, 2.24) is 0 Å². The van der Waals surface area contributed by atoms with Gasteiger partial charge in [-0.05, 0) is 91.7 Å². The molecule has 0 aliphatic heterocycles. The molecule has 0 spiro atoms. The predicted octanol–water partition coefficient (Wildman–Crippen LogP) is 29.1. The van der Waals surface area contributed by atoms with Gasteiger partial charge in [-0.3, -0.25) is 0 Å². The molecular formula is C73H170. The van der Waals surface area contributed by atoms with Crippen molar-refractivity contribution in [3.8, 4) is 0 Å². The topological polar surface area (TPSA) is 0 Å². The van der Waals surface area contributed by atoms with Gasteiger partial charge in [-0.1, -0.05) is 389 Å². The van der Waals surface area contributed by atoms with E-state index in [1.165, 1.54) is 70.6 Å². The third-order valence-corrected chi connectivity index (χ3v) is 13.1. The van der Waals surface area contributed by atoms with Crippen molar-refractivity contribution in [1.29, 1.82) is 0 Å². The number of rotatable bonds is 10. The van der Waals surface area contributed by atoms with E-state index in [2.05, 4.69) is 318 Å². The SMILES string of the molecule is CC(C)(C)C.CC(C)C.CC(C)C(C)(C)C.CC(C)C(C)C(C)(C)C.CCC(C)(C)C.CCC(C)(C)C.CCC(C)C.CCC(C)C.CCC(C)C(C)(C)C.CCC(C)CC.CCCC(C)C.CCCC(C)C. The molecule has 0 N–H and O–H groups in total. The summed E-state index contributed by atoms with van der Waals surface area (Å²) in [6, 6.07) is 0. The first-order valence-electron chi connectivity index (χ1n) is 32.0. The minimum absolute atomic E-state index is 0.480. The van der Waals surface area contributed by atoms with Crippen LogP contribution in [0.1, 0.15) is 389 Å². The molecule has 2 unspecified atom stereocenters. The Bertz CT molecular complexity index is 849. The Morgan fingerprint density at radius 1 is 0.288 bits per heavy atom. The van der Waals surface area contributed by atoms with Crippen LogP contribution in [-0.4, -0.2) is 0 Å². The average Bonchev–Trinajstić information content (AvgIpc) is 3.19. The molecule has 0 saturated heterocycles. The molecule has 0 radical (unpaired) electrons. The van der Waals surface area contributed by atoms with Crippen LogP contribution in [0.4, 0.5) is 0 Å². The maximum atomic E-state index is 2.32. The summed E-state index contributed by atoms with van der Waals surface area (Å²) in [6.45, 7) is 103. The Kier molecular flexibility index (Phi) is 85.3. The normalized spacial score (nSPS) is 12.1. The molecule has 0 amide bonds. The van der Waals surface area contributed by atoms with E-state index >= 15 is 0 Å². The molecule has 0 heterocycles. The second-order valence-corrected chi connectivity index (χ2v) is 32.0. The second-order valence-electron chi connectivity index (χ2n) is 32.0. The van der Waals surface area contributed by atoms with Crippen molar-refractivity contribution >= 4 is 0 Å². The minimum Gasteiger partial charge on any atom is -0.0654 e. The van der Waals surface area contributed by atoms with Gasteiger partial charge in [0.2, 0.25) is 0 Å². The highest BCUT2D eigenvalue weighted by molar-refractivity contribution is 4.72. The van der Waals surface area contributed by atoms with E-state index in [1.54, 1.807) is 0 Å². The summed E-state index contributed by atoms with van der Waals surface area (Å²) in [5.41, 5.74) is 3.07. The van der Waals surface area contributed by atoms with Crippen LogP contribution in [0.3, 0.4) is 0 Å². The van der Waals surface area contributed by atoms with Crippen molar-refractivity contribution in [3.05, 3.63) is 0 Å². The Labute approximate surface area is 478 Å². The lowest BCUT2D eigenvalue weighted by molar-refractivity contribution is 0.199. The zero-order valence-corrected chi connectivity index (χ0v) is 62.6. The minimum atomic E-state index is 0.480. The first-order chi connectivity index (χ1) is 32.0. The van der Waals surface area contributed by atoms with Gasteiger partial charge < -0.3 is 0 Å². The molecule has 0 nitrogen and oxygen atoms in total. The summed E-state index contributed by atoms with van der Waals surface area (Å²) >= 11 is 0. The summed E-state index contributed by atoms with van der Waals surface area (Å²) in [5.74, 6) is 8.61. The van der Waals surface area contributed by atoms with Crippen molar-refractivity contribution in [3.63, 3.8) is 0 Å². The van der Waals surface area contributed by atoms with E-state index in [0.29, 0.717) is 32.5 Å². The summed E-state index contributed by atoms with van der Waals surface area (Å²) in [6.07, 6.45) is 14.5. The fourth-order valence-electron chi connectivity index (χ4n) is 3.06. The van der Waals surface area contributed by atoms with Crippen LogP contribution in [0, 0.1) is 91.7 Å². The van der Waals surface area contributed by atoms with E-state index in [4.69, 9.17) is 0 Å². The van der Waals surface area contributed by atoms with Crippen LogP contribution in [0.2, 0.25) is 0 Å². The molecule has 0 bridgehead atoms. The molecule has 0 aromatic carbocycles. The van der Waals surface area contributed by atoms with Gasteiger partial charge in [0.15, 0.2) is 0 Å². The lowest BCUT2D eigenvalue weighted by atomic mass is 9.76. The fraction of sp³-hybridized carbons (Fsp3) is 1.00. The smallest absolute Gasteiger partial charge is 0.0354 e. The summed E-state index contributed by atoms with van der Waals surface area (Å²) in [7, 11) is 0. The van der Waals surface area contributed by atoms with E-state index < -0.39 is 0 Å². The van der Waals surface area contributed by atoms with E-state index in [-0.39, 0.29) is 0 Å². The lowest BCUT2D eigenvalue weighted by Crippen LogP contribution is -2.21. The molecular weight excluding hydrogens is 877 g/mol. The predicted molar refractivity (Wildman–Crippen MR) is 361 cm³/mol. The standard InChI is InChI=1S/C9H20.C8H18.C7H16.5C6H14.3C5H12.C4H10/c1-7(2)8(3)9(4,5)6;1-6-7(2)8(3,4)5;1-6(2)7(3,4)5;2*1-5-6(2,3)4;2*1-4-5-6(2)3;1-4-6(3)5-2;1-5(2,3)4;2*1-4-5(2)3;1-4(2)3/h7-8H,1-6H3;7H,6H2,1-5H3;6H,1-5H3;2*5H2,1-4H3;3*6H,4-5H2,1-3H3;1-4H3;2*5H,4H2,1-3H3;4H,1-3H3. The Morgan fingerprint density at radius 3 is 0.479 bits per heavy atom. The molecule has 462 valence electrons. The molecule has 0 fully saturated rings. The monoisotopic (exact) mass is 1050 g/mol. The molecule has 0 heteroatoms. The summed E-state index contributed by atoms with van der Waals surface area (Å²) < 4.78 is 0. The van der Waals surface area contributed by atoms with E-state index in [1.807, 2.05) is 0 Å². The van der Waals surface area contributed by atoms with Crippen LogP contribution >= 0.6 is 0 Å². The second kappa shape index (κ2) is 61.2. The van der Waals surface area contributed by atoms with E-state index in [9.17, 15) is 0 Å². The third kappa shape index (κ3) is 182. The van der Waals surface area contributed by atoms with Crippen molar-refractivity contribution in [2.75, 3.05) is 0 Å². The van der Waals surface area contributed by atoms with Crippen molar-refractivity contribution in [2.24, 2.45) is 91.7 Å². The molecule has 0 aliphatic carbocycles. The highest BCUT2D eigenvalue weighted by Crippen LogP contribution is 2.31.